The Morgan fingerprint density at radius 3 is 2.53 bits per heavy atom. The smallest absolute Gasteiger partial charge is 0.408 e. The van der Waals surface area contributed by atoms with Crippen LogP contribution in [-0.4, -0.2) is 77.0 Å². The molecule has 6 atom stereocenters. The molecule has 1 aliphatic carbocycles. The summed E-state index contributed by atoms with van der Waals surface area (Å²) >= 11 is 6.11. The minimum absolute atomic E-state index is 0.0356. The van der Waals surface area contributed by atoms with Crippen molar-refractivity contribution in [2.75, 3.05) is 0 Å². The summed E-state index contributed by atoms with van der Waals surface area (Å²) < 4.78 is 18.5. The molecule has 4 rings (SSSR count). The monoisotopic (exact) mass is 553 g/mol. The van der Waals surface area contributed by atoms with E-state index in [1.807, 2.05) is 0 Å². The summed E-state index contributed by atoms with van der Waals surface area (Å²) in [7, 11) is 0. The quantitative estimate of drug-likeness (QED) is 0.358. The van der Waals surface area contributed by atoms with E-state index < -0.39 is 47.3 Å². The van der Waals surface area contributed by atoms with Crippen LogP contribution in [0.2, 0.25) is 5.15 Å². The number of halogens is 1. The van der Waals surface area contributed by atoms with Crippen molar-refractivity contribution < 1.29 is 34.0 Å². The molecule has 210 valence electrons. The fourth-order valence-corrected chi connectivity index (χ4v) is 5.28. The molecule has 0 aromatic carbocycles. The van der Waals surface area contributed by atoms with Crippen LogP contribution >= 0.6 is 11.6 Å². The zero-order chi connectivity index (χ0) is 28.0. The van der Waals surface area contributed by atoms with Gasteiger partial charge in [0.05, 0.1) is 18.5 Å². The molecule has 12 nitrogen and oxygen atoms in total. The minimum atomic E-state index is -1.58. The van der Waals surface area contributed by atoms with E-state index in [0.717, 1.165) is 0 Å². The Morgan fingerprint density at radius 2 is 1.89 bits per heavy atom. The molecule has 1 amide bonds. The standard InChI is InChI=1S/C25H36ClN5O7/c1-23(2,3)37-21(33)14(30-22(34)38-24(4,5)6)7-8-25(35)10-13-9-15(17(32)18(13)36-25)31-12-29-16-19(26)27-11-28-20(16)31/h11-15,17-18,32,35H,7-10H2,1-6H3,(H,30,34)/t13-,14+,15-,17-,18+,25?/m1/s1. The number of aliphatic hydroxyl groups excluding tert-OH is 1. The SMILES string of the molecule is CC(C)(C)OC(=O)N[C@@H](CCC1(O)C[C@H]2C[C@@H](n3cnc4c(Cl)ncnc43)[C@@H](O)[C@H]2O1)C(=O)OC(C)(C)C. The maximum absolute atomic E-state index is 12.8. The van der Waals surface area contributed by atoms with Crippen LogP contribution in [0.3, 0.4) is 0 Å². The van der Waals surface area contributed by atoms with Crippen LogP contribution in [0.4, 0.5) is 4.79 Å². The number of aromatic nitrogens is 4. The van der Waals surface area contributed by atoms with Gasteiger partial charge in [-0.1, -0.05) is 11.6 Å². The number of rotatable bonds is 6. The first kappa shape index (κ1) is 28.5. The second kappa shape index (κ2) is 10.2. The molecule has 2 aliphatic rings. The predicted octanol–water partition coefficient (Wildman–Crippen LogP) is 2.89. The van der Waals surface area contributed by atoms with E-state index in [4.69, 9.17) is 25.8 Å². The fourth-order valence-electron chi connectivity index (χ4n) is 5.10. The second-order valence-corrected chi connectivity index (χ2v) is 12.4. The van der Waals surface area contributed by atoms with Gasteiger partial charge in [-0.25, -0.2) is 24.5 Å². The van der Waals surface area contributed by atoms with Crippen molar-refractivity contribution in [1.29, 1.82) is 0 Å². The average molecular weight is 554 g/mol. The third-order valence-electron chi connectivity index (χ3n) is 6.55. The molecule has 1 aliphatic heterocycles. The molecule has 0 bridgehead atoms. The van der Waals surface area contributed by atoms with Gasteiger partial charge in [0.2, 0.25) is 0 Å². The number of aliphatic hydroxyl groups is 2. The molecule has 13 heteroatoms. The Hall–Kier alpha value is -2.54. The van der Waals surface area contributed by atoms with Crippen LogP contribution in [0.25, 0.3) is 11.2 Å². The van der Waals surface area contributed by atoms with Crippen molar-refractivity contribution in [2.45, 2.75) is 109 Å². The van der Waals surface area contributed by atoms with Crippen molar-refractivity contribution in [3.8, 4) is 0 Å². The van der Waals surface area contributed by atoms with Crippen molar-refractivity contribution in [3.05, 3.63) is 17.8 Å². The number of ether oxygens (including phenoxy) is 3. The summed E-state index contributed by atoms with van der Waals surface area (Å²) in [6.07, 6.45) is 1.44. The largest absolute Gasteiger partial charge is 0.458 e. The van der Waals surface area contributed by atoms with E-state index in [9.17, 15) is 19.8 Å². The zero-order valence-corrected chi connectivity index (χ0v) is 23.2. The molecular weight excluding hydrogens is 518 g/mol. The minimum Gasteiger partial charge on any atom is -0.458 e. The Bertz CT molecular complexity index is 1190. The van der Waals surface area contributed by atoms with Crippen molar-refractivity contribution >= 4 is 34.8 Å². The van der Waals surface area contributed by atoms with Crippen LogP contribution in [0.5, 0.6) is 0 Å². The van der Waals surface area contributed by atoms with E-state index in [0.29, 0.717) is 17.6 Å². The lowest BCUT2D eigenvalue weighted by Crippen LogP contribution is -2.47. The Labute approximate surface area is 226 Å². The van der Waals surface area contributed by atoms with Crippen molar-refractivity contribution in [3.63, 3.8) is 0 Å². The third kappa shape index (κ3) is 6.36. The van der Waals surface area contributed by atoms with Gasteiger partial charge in [-0.2, -0.15) is 0 Å². The molecular formula is C25H36ClN5O7. The van der Waals surface area contributed by atoms with Gasteiger partial charge >= 0.3 is 12.1 Å². The number of nitrogens with zero attached hydrogens (tertiary/aromatic N) is 4. The lowest BCUT2D eigenvalue weighted by atomic mass is 9.95. The van der Waals surface area contributed by atoms with Gasteiger partial charge in [-0.3, -0.25) is 0 Å². The van der Waals surface area contributed by atoms with Crippen LogP contribution in [-0.2, 0) is 19.0 Å². The van der Waals surface area contributed by atoms with E-state index in [1.165, 1.54) is 6.33 Å². The molecule has 1 saturated carbocycles. The van der Waals surface area contributed by atoms with Gasteiger partial charge in [0.15, 0.2) is 16.6 Å². The lowest BCUT2D eigenvalue weighted by molar-refractivity contribution is -0.213. The van der Waals surface area contributed by atoms with Crippen LogP contribution in [0, 0.1) is 5.92 Å². The first-order valence-electron chi connectivity index (χ1n) is 12.7. The van der Waals surface area contributed by atoms with E-state index >= 15 is 0 Å². The molecule has 0 spiro atoms. The zero-order valence-electron chi connectivity index (χ0n) is 22.5. The summed E-state index contributed by atoms with van der Waals surface area (Å²) in [6.45, 7) is 10.3. The van der Waals surface area contributed by atoms with Crippen LogP contribution in [0.1, 0.15) is 73.3 Å². The molecule has 1 saturated heterocycles. The fraction of sp³-hybridized carbons (Fsp3) is 0.720. The summed E-state index contributed by atoms with van der Waals surface area (Å²) in [6, 6.07) is -1.43. The van der Waals surface area contributed by atoms with E-state index in [-0.39, 0.29) is 36.4 Å². The Kier molecular flexibility index (Phi) is 7.65. The first-order chi connectivity index (χ1) is 17.6. The maximum Gasteiger partial charge on any atom is 0.408 e. The van der Waals surface area contributed by atoms with E-state index in [2.05, 4.69) is 20.3 Å². The average Bonchev–Trinajstić information content (AvgIpc) is 3.41. The lowest BCUT2D eigenvalue weighted by Gasteiger charge is -2.30. The van der Waals surface area contributed by atoms with Gasteiger partial charge in [0.25, 0.3) is 0 Å². The van der Waals surface area contributed by atoms with E-state index in [1.54, 1.807) is 52.4 Å². The normalized spacial score (nSPS) is 28.2. The highest BCUT2D eigenvalue weighted by Gasteiger charge is 2.55. The number of hydrogen-bond acceptors (Lipinski definition) is 10. The van der Waals surface area contributed by atoms with Gasteiger partial charge in [-0.15, -0.1) is 0 Å². The Morgan fingerprint density at radius 1 is 1.21 bits per heavy atom. The Balaban J connectivity index is 1.42. The topological polar surface area (TPSA) is 158 Å². The van der Waals surface area contributed by atoms with Crippen molar-refractivity contribution in [1.82, 2.24) is 24.8 Å². The van der Waals surface area contributed by atoms with Crippen molar-refractivity contribution in [2.24, 2.45) is 5.92 Å². The first-order valence-corrected chi connectivity index (χ1v) is 13.1. The predicted molar refractivity (Wildman–Crippen MR) is 136 cm³/mol. The summed E-state index contributed by atoms with van der Waals surface area (Å²) in [5, 5.41) is 25.1. The van der Waals surface area contributed by atoms with Gasteiger partial charge in [0, 0.05) is 12.8 Å². The number of carbonyl (C=O) groups excluding carboxylic acids is 2. The molecule has 2 fully saturated rings. The maximum atomic E-state index is 12.8. The highest BCUT2D eigenvalue weighted by Crippen LogP contribution is 2.49. The number of carbonyl (C=O) groups is 2. The number of alkyl carbamates (subject to hydrolysis) is 1. The number of imidazole rings is 1. The number of esters is 1. The molecule has 3 N–H and O–H groups in total. The van der Waals surface area contributed by atoms with Gasteiger partial charge < -0.3 is 34.3 Å². The summed E-state index contributed by atoms with van der Waals surface area (Å²) in [4.78, 5) is 37.7. The molecule has 3 heterocycles. The number of hydrogen-bond donors (Lipinski definition) is 3. The van der Waals surface area contributed by atoms with Gasteiger partial charge in [-0.05, 0) is 60.3 Å². The molecule has 1 unspecified atom stereocenters. The summed E-state index contributed by atoms with van der Waals surface area (Å²) in [5.74, 6) is -2.37. The highest BCUT2D eigenvalue weighted by molar-refractivity contribution is 6.33. The highest BCUT2D eigenvalue weighted by atomic mass is 35.5. The van der Waals surface area contributed by atoms with Gasteiger partial charge in [0.1, 0.15) is 35.2 Å². The van der Waals surface area contributed by atoms with Crippen LogP contribution in [0.15, 0.2) is 12.7 Å². The third-order valence-corrected chi connectivity index (χ3v) is 6.83. The molecule has 0 radical (unpaired) electrons. The molecule has 38 heavy (non-hydrogen) atoms. The van der Waals surface area contributed by atoms with Crippen LogP contribution < -0.4 is 5.32 Å². The molecule has 2 aromatic rings. The number of amides is 1. The summed E-state index contributed by atoms with van der Waals surface area (Å²) in [5.41, 5.74) is -0.564. The molecule has 2 aromatic heterocycles. The second-order valence-electron chi connectivity index (χ2n) is 12.0. The number of nitrogens with one attached hydrogen (secondary N) is 1. The number of fused-ring (bicyclic) bond motifs is 2.